The van der Waals surface area contributed by atoms with Crippen molar-refractivity contribution in [3.05, 3.63) is 0 Å². The molecule has 112 valence electrons. The van der Waals surface area contributed by atoms with Gasteiger partial charge in [0.2, 0.25) is 0 Å². The minimum atomic E-state index is 0.423. The quantitative estimate of drug-likeness (QED) is 0.320. The lowest BCUT2D eigenvalue weighted by Gasteiger charge is -2.07. The summed E-state index contributed by atoms with van der Waals surface area (Å²) in [6.45, 7) is 6.16. The van der Waals surface area contributed by atoms with Crippen LogP contribution in [0.15, 0.2) is 0 Å². The Morgan fingerprint density at radius 3 is 2.79 bits per heavy atom. The molecule has 0 atom stereocenters. The van der Waals surface area contributed by atoms with Gasteiger partial charge in [-0.3, -0.25) is 4.79 Å². The first kappa shape index (κ1) is 17.3. The molecule has 1 aliphatic carbocycles. The lowest BCUT2D eigenvalue weighted by atomic mass is 10.1. The van der Waals surface area contributed by atoms with Crippen molar-refractivity contribution in [3.8, 4) is 0 Å². The fourth-order valence-corrected chi connectivity index (χ4v) is 3.27. The Kier molecular flexibility index (Phi) is 10.0. The van der Waals surface area contributed by atoms with Gasteiger partial charge in [-0.2, -0.15) is 0 Å². The molecule has 1 fully saturated rings. The Morgan fingerprint density at radius 1 is 1.32 bits per heavy atom. The first-order chi connectivity index (χ1) is 9.20. The van der Waals surface area contributed by atoms with Crippen LogP contribution in [-0.2, 0) is 9.53 Å². The first-order valence-electron chi connectivity index (χ1n) is 7.28. The third-order valence-corrected chi connectivity index (χ3v) is 5.04. The average Bonchev–Trinajstić information content (AvgIpc) is 3.19. The molecule has 1 rings (SSSR count). The maximum atomic E-state index is 11.4. The molecule has 0 unspecified atom stereocenters. The van der Waals surface area contributed by atoms with Gasteiger partial charge in [0.05, 0.1) is 0 Å². The summed E-state index contributed by atoms with van der Waals surface area (Å²) in [7, 11) is 3.62. The molecule has 0 saturated heterocycles. The van der Waals surface area contributed by atoms with E-state index in [0.717, 1.165) is 56.9 Å². The summed E-state index contributed by atoms with van der Waals surface area (Å²) in [5.41, 5.74) is 0. The van der Waals surface area contributed by atoms with E-state index in [0.29, 0.717) is 17.7 Å². The highest BCUT2D eigenvalue weighted by atomic mass is 33.1. The number of carbonyl (C=O) groups is 1. The van der Waals surface area contributed by atoms with E-state index >= 15 is 0 Å². The van der Waals surface area contributed by atoms with Crippen molar-refractivity contribution in [3.63, 3.8) is 0 Å². The summed E-state index contributed by atoms with van der Waals surface area (Å²) < 4.78 is 5.53. The zero-order chi connectivity index (χ0) is 13.9. The maximum Gasteiger partial charge on any atom is 0.135 e. The molecule has 0 aromatic carbocycles. The number of carbonyl (C=O) groups excluding carboxylic acids is 1. The van der Waals surface area contributed by atoms with Crippen LogP contribution >= 0.6 is 21.6 Å². The largest absolute Gasteiger partial charge is 0.370 e. The second kappa shape index (κ2) is 11.0. The Morgan fingerprint density at radius 2 is 2.11 bits per heavy atom. The third kappa shape index (κ3) is 10.7. The van der Waals surface area contributed by atoms with Crippen LogP contribution in [0.4, 0.5) is 0 Å². The van der Waals surface area contributed by atoms with E-state index in [4.69, 9.17) is 4.74 Å². The summed E-state index contributed by atoms with van der Waals surface area (Å²) in [5.74, 6) is 2.76. The van der Waals surface area contributed by atoms with Gasteiger partial charge in [0.15, 0.2) is 0 Å². The van der Waals surface area contributed by atoms with Crippen LogP contribution in [0.5, 0.6) is 0 Å². The van der Waals surface area contributed by atoms with Gasteiger partial charge in [-0.15, -0.1) is 0 Å². The van der Waals surface area contributed by atoms with E-state index < -0.39 is 0 Å². The second-order valence-electron chi connectivity index (χ2n) is 5.27. The molecule has 0 aliphatic heterocycles. The van der Waals surface area contributed by atoms with Gasteiger partial charge in [-0.1, -0.05) is 35.4 Å². The van der Waals surface area contributed by atoms with E-state index in [2.05, 4.69) is 19.2 Å². The predicted octanol–water partition coefficient (Wildman–Crippen LogP) is 3.49. The number of hydrogen-bond acceptors (Lipinski definition) is 5. The van der Waals surface area contributed by atoms with Crippen molar-refractivity contribution in [2.75, 3.05) is 24.8 Å². The molecule has 0 amide bonds. The van der Waals surface area contributed by atoms with Gasteiger partial charge < -0.3 is 10.1 Å². The van der Waals surface area contributed by atoms with Gasteiger partial charge in [-0.25, -0.2) is 0 Å². The number of ether oxygens (including phenoxy) is 1. The molecule has 19 heavy (non-hydrogen) atoms. The van der Waals surface area contributed by atoms with Crippen LogP contribution in [0.1, 0.15) is 46.0 Å². The molecular formula is C14H27NO2S2. The normalized spacial score (nSPS) is 15.1. The summed E-state index contributed by atoms with van der Waals surface area (Å²) in [6.07, 6.45) is 5.03. The fourth-order valence-electron chi connectivity index (χ4n) is 1.69. The Labute approximate surface area is 125 Å². The smallest absolute Gasteiger partial charge is 0.135 e. The van der Waals surface area contributed by atoms with Gasteiger partial charge in [0, 0.05) is 37.3 Å². The standard InChI is InChI=1S/C14H27NO2S2/c1-12(2)15-8-10-18-19-11-17-9-4-3-5-14(16)13-6-7-13/h12-13,15H,3-11H2,1-2H3. The van der Waals surface area contributed by atoms with E-state index in [1.54, 1.807) is 10.8 Å². The zero-order valence-corrected chi connectivity index (χ0v) is 13.8. The molecule has 0 spiro atoms. The van der Waals surface area contributed by atoms with Crippen LogP contribution in [-0.4, -0.2) is 36.7 Å². The molecule has 1 saturated carbocycles. The number of unbranched alkanes of at least 4 members (excludes halogenated alkanes) is 1. The fraction of sp³-hybridized carbons (Fsp3) is 0.929. The van der Waals surface area contributed by atoms with Crippen LogP contribution in [0.2, 0.25) is 0 Å². The minimum Gasteiger partial charge on any atom is -0.370 e. The van der Waals surface area contributed by atoms with Crippen molar-refractivity contribution >= 4 is 27.4 Å². The molecule has 3 nitrogen and oxygen atoms in total. The van der Waals surface area contributed by atoms with Crippen LogP contribution in [0, 0.1) is 5.92 Å². The highest BCUT2D eigenvalue weighted by Gasteiger charge is 2.28. The van der Waals surface area contributed by atoms with E-state index in [-0.39, 0.29) is 0 Å². The predicted molar refractivity (Wildman–Crippen MR) is 85.6 cm³/mol. The molecule has 0 bridgehead atoms. The highest BCUT2D eigenvalue weighted by molar-refractivity contribution is 8.76. The molecule has 5 heteroatoms. The number of ketones is 1. The lowest BCUT2D eigenvalue weighted by Crippen LogP contribution is -2.24. The number of Topliss-reactive ketones (excluding diaryl/α,β-unsaturated/α-hetero) is 1. The van der Waals surface area contributed by atoms with Crippen LogP contribution in [0.3, 0.4) is 0 Å². The topological polar surface area (TPSA) is 38.3 Å². The van der Waals surface area contributed by atoms with E-state index in [1.807, 2.05) is 10.8 Å². The van der Waals surface area contributed by atoms with Crippen molar-refractivity contribution < 1.29 is 9.53 Å². The molecule has 1 N–H and O–H groups in total. The third-order valence-electron chi connectivity index (χ3n) is 2.95. The van der Waals surface area contributed by atoms with Gasteiger partial charge in [0.1, 0.15) is 11.7 Å². The second-order valence-corrected chi connectivity index (χ2v) is 7.80. The van der Waals surface area contributed by atoms with Gasteiger partial charge in [-0.05, 0) is 25.7 Å². The molecule has 1 aliphatic rings. The lowest BCUT2D eigenvalue weighted by molar-refractivity contribution is -0.120. The summed E-state index contributed by atoms with van der Waals surface area (Å²) in [5, 5.41) is 3.38. The first-order valence-corrected chi connectivity index (χ1v) is 9.77. The summed E-state index contributed by atoms with van der Waals surface area (Å²) >= 11 is 0. The highest BCUT2D eigenvalue weighted by Crippen LogP contribution is 2.31. The Bertz CT molecular complexity index is 246. The Balaban J connectivity index is 1.70. The summed E-state index contributed by atoms with van der Waals surface area (Å²) in [6, 6.07) is 0.570. The van der Waals surface area contributed by atoms with Gasteiger partial charge in [0.25, 0.3) is 0 Å². The number of hydrogen-bond donors (Lipinski definition) is 1. The number of rotatable bonds is 13. The molecule has 0 heterocycles. The van der Waals surface area contributed by atoms with Crippen molar-refractivity contribution in [1.29, 1.82) is 0 Å². The molecular weight excluding hydrogens is 278 g/mol. The van der Waals surface area contributed by atoms with Crippen molar-refractivity contribution in [2.24, 2.45) is 5.92 Å². The Hall–Kier alpha value is 0.290. The molecule has 0 aromatic rings. The van der Waals surface area contributed by atoms with E-state index in [9.17, 15) is 4.79 Å². The van der Waals surface area contributed by atoms with Gasteiger partial charge >= 0.3 is 0 Å². The summed E-state index contributed by atoms with van der Waals surface area (Å²) in [4.78, 5) is 11.4. The number of nitrogens with one attached hydrogen (secondary N) is 1. The van der Waals surface area contributed by atoms with Crippen LogP contribution < -0.4 is 5.32 Å². The maximum absolute atomic E-state index is 11.4. The van der Waals surface area contributed by atoms with Crippen LogP contribution in [0.25, 0.3) is 0 Å². The molecule has 0 radical (unpaired) electrons. The minimum absolute atomic E-state index is 0.423. The average molecular weight is 306 g/mol. The molecule has 0 aromatic heterocycles. The zero-order valence-electron chi connectivity index (χ0n) is 12.2. The van der Waals surface area contributed by atoms with Crippen molar-refractivity contribution in [2.45, 2.75) is 52.0 Å². The SMILES string of the molecule is CC(C)NCCSSCOCCCCC(=O)C1CC1. The van der Waals surface area contributed by atoms with E-state index in [1.165, 1.54) is 0 Å². The monoisotopic (exact) mass is 305 g/mol. The van der Waals surface area contributed by atoms with Crippen molar-refractivity contribution in [1.82, 2.24) is 5.32 Å².